The van der Waals surface area contributed by atoms with E-state index in [2.05, 4.69) is 23.5 Å². The number of hydrogen-bond acceptors (Lipinski definition) is 3. The van der Waals surface area contributed by atoms with Gasteiger partial charge in [0, 0.05) is 23.2 Å². The SMILES string of the molecule is CC(c1ccc2c(c1)NC(=S)C1CCCC21)N(Cc1cccc(Cl)c1)C(=O)OC(C)(C)C. The van der Waals surface area contributed by atoms with E-state index >= 15 is 0 Å². The molecule has 6 heteroatoms. The zero-order chi connectivity index (χ0) is 23.0. The largest absolute Gasteiger partial charge is 0.444 e. The van der Waals surface area contributed by atoms with E-state index in [9.17, 15) is 4.79 Å². The highest BCUT2D eigenvalue weighted by atomic mass is 35.5. The number of thiocarbonyl (C=S) groups is 1. The van der Waals surface area contributed by atoms with Crippen LogP contribution in [0.2, 0.25) is 5.02 Å². The van der Waals surface area contributed by atoms with Crippen molar-refractivity contribution in [2.75, 3.05) is 5.32 Å². The van der Waals surface area contributed by atoms with Crippen LogP contribution in [0, 0.1) is 5.92 Å². The summed E-state index contributed by atoms with van der Waals surface area (Å²) in [5.74, 6) is 0.971. The van der Waals surface area contributed by atoms with E-state index in [0.717, 1.165) is 21.8 Å². The summed E-state index contributed by atoms with van der Waals surface area (Å²) < 4.78 is 5.75. The average Bonchev–Trinajstić information content (AvgIpc) is 3.21. The summed E-state index contributed by atoms with van der Waals surface area (Å²) in [7, 11) is 0. The Morgan fingerprint density at radius 3 is 2.69 bits per heavy atom. The van der Waals surface area contributed by atoms with Crippen LogP contribution in [0.25, 0.3) is 0 Å². The van der Waals surface area contributed by atoms with Crippen LogP contribution in [-0.2, 0) is 11.3 Å². The summed E-state index contributed by atoms with van der Waals surface area (Å²) in [6.07, 6.45) is 3.23. The first-order valence-corrected chi connectivity index (χ1v) is 12.1. The fraction of sp³-hybridized carbons (Fsp3) is 0.462. The van der Waals surface area contributed by atoms with Crippen LogP contribution >= 0.6 is 23.8 Å². The van der Waals surface area contributed by atoms with Crippen molar-refractivity contribution < 1.29 is 9.53 Å². The van der Waals surface area contributed by atoms with Crippen LogP contribution in [0.5, 0.6) is 0 Å². The van der Waals surface area contributed by atoms with Crippen molar-refractivity contribution in [1.82, 2.24) is 4.90 Å². The van der Waals surface area contributed by atoms with Gasteiger partial charge < -0.3 is 10.1 Å². The quantitative estimate of drug-likeness (QED) is 0.470. The fourth-order valence-corrected chi connectivity index (χ4v) is 5.43. The van der Waals surface area contributed by atoms with Crippen molar-refractivity contribution in [2.24, 2.45) is 5.92 Å². The van der Waals surface area contributed by atoms with Gasteiger partial charge in [0.1, 0.15) is 5.60 Å². The minimum Gasteiger partial charge on any atom is -0.444 e. The van der Waals surface area contributed by atoms with Gasteiger partial charge in [-0.3, -0.25) is 4.90 Å². The van der Waals surface area contributed by atoms with Gasteiger partial charge in [-0.1, -0.05) is 54.5 Å². The van der Waals surface area contributed by atoms with Crippen molar-refractivity contribution in [1.29, 1.82) is 0 Å². The standard InChI is InChI=1S/C26H31ClN2O2S/c1-16(18-11-12-21-20-9-6-10-22(20)24(32)28-23(21)14-18)29(25(30)31-26(2,3)4)15-17-7-5-8-19(27)13-17/h5,7-8,11-14,16,20,22H,6,9-10,15H2,1-4H3,(H,28,32). The number of halogens is 1. The third-order valence-electron chi connectivity index (χ3n) is 6.41. The highest BCUT2D eigenvalue weighted by Gasteiger charge is 2.37. The number of amides is 1. The van der Waals surface area contributed by atoms with E-state index in [1.807, 2.05) is 52.0 Å². The molecule has 0 aromatic heterocycles. The molecule has 1 aliphatic carbocycles. The molecule has 170 valence electrons. The number of rotatable bonds is 4. The number of hydrogen-bond donors (Lipinski definition) is 1. The minimum absolute atomic E-state index is 0.189. The Morgan fingerprint density at radius 2 is 1.97 bits per heavy atom. The molecule has 2 aromatic carbocycles. The van der Waals surface area contributed by atoms with Crippen LogP contribution in [-0.4, -0.2) is 21.6 Å². The molecule has 1 N–H and O–H groups in total. The van der Waals surface area contributed by atoms with E-state index in [1.165, 1.54) is 24.8 Å². The molecule has 1 fully saturated rings. The molecule has 4 rings (SSSR count). The second kappa shape index (κ2) is 9.03. The maximum absolute atomic E-state index is 13.2. The Balaban J connectivity index is 1.64. The zero-order valence-electron chi connectivity index (χ0n) is 19.2. The molecule has 0 spiro atoms. The molecule has 3 unspecified atom stereocenters. The summed E-state index contributed by atoms with van der Waals surface area (Å²) in [6.45, 7) is 8.10. The van der Waals surface area contributed by atoms with Gasteiger partial charge in [-0.2, -0.15) is 0 Å². The summed E-state index contributed by atoms with van der Waals surface area (Å²) >= 11 is 11.9. The van der Waals surface area contributed by atoms with Crippen LogP contribution in [0.4, 0.5) is 10.5 Å². The Kier molecular flexibility index (Phi) is 6.51. The molecule has 2 aromatic rings. The van der Waals surface area contributed by atoms with Crippen molar-refractivity contribution in [2.45, 2.75) is 71.1 Å². The number of benzene rings is 2. The summed E-state index contributed by atoms with van der Waals surface area (Å²) in [6, 6.07) is 13.9. The van der Waals surface area contributed by atoms with Gasteiger partial charge in [-0.25, -0.2) is 4.79 Å². The molecule has 1 heterocycles. The Labute approximate surface area is 201 Å². The highest BCUT2D eigenvalue weighted by Crippen LogP contribution is 2.47. The second-order valence-corrected chi connectivity index (χ2v) is 10.8. The zero-order valence-corrected chi connectivity index (χ0v) is 20.7. The van der Waals surface area contributed by atoms with E-state index in [-0.39, 0.29) is 12.1 Å². The summed E-state index contributed by atoms with van der Waals surface area (Å²) in [5, 5.41) is 4.12. The minimum atomic E-state index is -0.579. The van der Waals surface area contributed by atoms with Crippen LogP contribution < -0.4 is 5.32 Å². The van der Waals surface area contributed by atoms with Gasteiger partial charge in [0.2, 0.25) is 0 Å². The highest BCUT2D eigenvalue weighted by molar-refractivity contribution is 7.80. The van der Waals surface area contributed by atoms with Crippen molar-refractivity contribution >= 4 is 40.6 Å². The third kappa shape index (κ3) is 4.94. The normalized spacial score (nSPS) is 20.7. The maximum Gasteiger partial charge on any atom is 0.411 e. The van der Waals surface area contributed by atoms with Gasteiger partial charge in [0.05, 0.1) is 11.0 Å². The second-order valence-electron chi connectivity index (χ2n) is 9.89. The Hall–Kier alpha value is -2.11. The van der Waals surface area contributed by atoms with Gasteiger partial charge in [-0.05, 0) is 81.3 Å². The average molecular weight is 471 g/mol. The van der Waals surface area contributed by atoms with Crippen molar-refractivity contribution in [3.05, 3.63) is 64.2 Å². The summed E-state index contributed by atoms with van der Waals surface area (Å²) in [4.78, 5) is 15.9. The molecular weight excluding hydrogens is 440 g/mol. The number of nitrogens with zero attached hydrogens (tertiary/aromatic N) is 1. The summed E-state index contributed by atoms with van der Waals surface area (Å²) in [5.41, 5.74) is 3.85. The number of carbonyl (C=O) groups is 1. The van der Waals surface area contributed by atoms with Crippen molar-refractivity contribution in [3.63, 3.8) is 0 Å². The number of carbonyl (C=O) groups excluding carboxylic acids is 1. The predicted molar refractivity (Wildman–Crippen MR) is 134 cm³/mol. The van der Waals surface area contributed by atoms with Crippen LogP contribution in [0.1, 0.15) is 75.6 Å². The van der Waals surface area contributed by atoms with E-state index in [4.69, 9.17) is 28.6 Å². The lowest BCUT2D eigenvalue weighted by Gasteiger charge is -2.34. The topological polar surface area (TPSA) is 41.6 Å². The smallest absolute Gasteiger partial charge is 0.411 e. The maximum atomic E-state index is 13.2. The van der Waals surface area contributed by atoms with E-state index in [1.54, 1.807) is 4.90 Å². The van der Waals surface area contributed by atoms with Gasteiger partial charge in [0.15, 0.2) is 0 Å². The van der Waals surface area contributed by atoms with Gasteiger partial charge in [-0.15, -0.1) is 0 Å². The van der Waals surface area contributed by atoms with Gasteiger partial charge >= 0.3 is 6.09 Å². The molecule has 0 saturated heterocycles. The first-order valence-electron chi connectivity index (χ1n) is 11.3. The fourth-order valence-electron chi connectivity index (χ4n) is 4.83. The Morgan fingerprint density at radius 1 is 1.22 bits per heavy atom. The lowest BCUT2D eigenvalue weighted by molar-refractivity contribution is 0.0153. The Bertz CT molecular complexity index is 1030. The number of nitrogens with one attached hydrogen (secondary N) is 1. The van der Waals surface area contributed by atoms with Crippen LogP contribution in [0.15, 0.2) is 42.5 Å². The molecule has 1 amide bonds. The first-order chi connectivity index (χ1) is 15.1. The third-order valence-corrected chi connectivity index (χ3v) is 7.05. The molecule has 1 saturated carbocycles. The number of ether oxygens (including phenoxy) is 1. The molecular formula is C26H31ClN2O2S. The lowest BCUT2D eigenvalue weighted by atomic mass is 9.83. The molecule has 3 atom stereocenters. The van der Waals surface area contributed by atoms with E-state index < -0.39 is 5.60 Å². The predicted octanol–water partition coefficient (Wildman–Crippen LogP) is 7.47. The van der Waals surface area contributed by atoms with Crippen LogP contribution in [0.3, 0.4) is 0 Å². The monoisotopic (exact) mass is 470 g/mol. The van der Waals surface area contributed by atoms with Crippen molar-refractivity contribution in [3.8, 4) is 0 Å². The molecule has 32 heavy (non-hydrogen) atoms. The molecule has 4 nitrogen and oxygen atoms in total. The molecule has 0 radical (unpaired) electrons. The first kappa shape index (κ1) is 23.1. The van der Waals surface area contributed by atoms with Gasteiger partial charge in [0.25, 0.3) is 0 Å². The van der Waals surface area contributed by atoms with E-state index in [0.29, 0.717) is 23.4 Å². The number of anilines is 1. The molecule has 0 bridgehead atoms. The molecule has 2 aliphatic rings. The number of fused-ring (bicyclic) bond motifs is 3. The molecule has 1 aliphatic heterocycles. The lowest BCUT2D eigenvalue weighted by Crippen LogP contribution is -2.38.